The Hall–Kier alpha value is -7.58. The Bertz CT molecular complexity index is 2660. The molecular formula is C57H43N3Si2. The highest BCUT2D eigenvalue weighted by molar-refractivity contribution is 7.20. The second-order valence-corrected chi connectivity index (χ2v) is 23.1. The van der Waals surface area contributed by atoms with E-state index in [2.05, 4.69) is 243 Å². The highest BCUT2D eigenvalue weighted by atomic mass is 28.3. The Balaban J connectivity index is 1.20. The van der Waals surface area contributed by atoms with E-state index >= 15 is 0 Å². The summed E-state index contributed by atoms with van der Waals surface area (Å²) in [5, 5.41) is 10.4. The van der Waals surface area contributed by atoms with E-state index in [9.17, 15) is 0 Å². The predicted molar refractivity (Wildman–Crippen MR) is 263 cm³/mol. The lowest BCUT2D eigenvalue weighted by Crippen LogP contribution is -2.74. The molecule has 10 aromatic rings. The van der Waals surface area contributed by atoms with Crippen LogP contribution in [0.1, 0.15) is 0 Å². The molecule has 10 rings (SSSR count). The third-order valence-corrected chi connectivity index (χ3v) is 21.6. The molecule has 0 aliphatic rings. The van der Waals surface area contributed by atoms with Crippen LogP contribution >= 0.6 is 0 Å². The summed E-state index contributed by atoms with van der Waals surface area (Å²) in [6.45, 7) is 0. The standard InChI is InChI=1S/C57H43N3Si2/c1-8-24-44(25-9-1)55-58-56(45-26-22-40-53(42-45)61(47-28-10-2-11-29-47,48-30-12-3-13-31-48)49-32-14-4-15-33-49)60-57(59-55)46-27-23-41-54(43-46)62(50-34-16-5-17-35-50,51-36-18-6-19-37-51)52-38-20-7-21-39-52/h1-43H. The summed E-state index contributed by atoms with van der Waals surface area (Å²) in [6, 6.07) is 94.3. The Morgan fingerprint density at radius 2 is 0.403 bits per heavy atom. The third kappa shape index (κ3) is 7.03. The maximum absolute atomic E-state index is 5.39. The van der Waals surface area contributed by atoms with Gasteiger partial charge in [-0.2, -0.15) is 0 Å². The Kier molecular flexibility index (Phi) is 10.7. The van der Waals surface area contributed by atoms with Gasteiger partial charge >= 0.3 is 0 Å². The van der Waals surface area contributed by atoms with Crippen LogP contribution in [0.2, 0.25) is 0 Å². The zero-order valence-corrected chi connectivity index (χ0v) is 36.2. The molecule has 0 N–H and O–H groups in total. The maximum atomic E-state index is 5.39. The van der Waals surface area contributed by atoms with Crippen LogP contribution < -0.4 is 41.5 Å². The SMILES string of the molecule is c1ccc(-c2nc(-c3cccc([Si](c4ccccc4)(c4ccccc4)c4ccccc4)c3)nc(-c3cccc([Si](c4ccccc4)(c4ccccc4)c4ccccc4)c3)n2)cc1. The smallest absolute Gasteiger partial charge is 0.179 e. The lowest BCUT2D eigenvalue weighted by molar-refractivity contribution is 1.07. The minimum Gasteiger partial charge on any atom is -0.208 e. The molecule has 0 saturated carbocycles. The van der Waals surface area contributed by atoms with Gasteiger partial charge in [0.1, 0.15) is 0 Å². The molecule has 5 heteroatoms. The molecule has 9 aromatic carbocycles. The largest absolute Gasteiger partial charge is 0.208 e. The third-order valence-electron chi connectivity index (χ3n) is 12.0. The van der Waals surface area contributed by atoms with E-state index in [1.807, 2.05) is 18.2 Å². The van der Waals surface area contributed by atoms with Gasteiger partial charge in [0, 0.05) is 16.7 Å². The van der Waals surface area contributed by atoms with E-state index in [0.717, 1.165) is 16.7 Å². The first-order chi connectivity index (χ1) is 30.7. The van der Waals surface area contributed by atoms with Gasteiger partial charge in [-0.15, -0.1) is 0 Å². The molecule has 294 valence electrons. The molecule has 0 amide bonds. The zero-order chi connectivity index (χ0) is 41.6. The Morgan fingerprint density at radius 3 is 0.677 bits per heavy atom. The van der Waals surface area contributed by atoms with Crippen LogP contribution in [0.25, 0.3) is 34.2 Å². The molecule has 0 fully saturated rings. The minimum absolute atomic E-state index is 0.635. The average Bonchev–Trinajstić information content (AvgIpc) is 3.37. The summed E-state index contributed by atoms with van der Waals surface area (Å²) >= 11 is 0. The Labute approximate surface area is 365 Å². The van der Waals surface area contributed by atoms with Crippen molar-refractivity contribution in [3.05, 3.63) is 261 Å². The number of benzene rings is 9. The highest BCUT2D eigenvalue weighted by Crippen LogP contribution is 2.25. The lowest BCUT2D eigenvalue weighted by Gasteiger charge is -2.34. The number of nitrogens with zero attached hydrogens (tertiary/aromatic N) is 3. The van der Waals surface area contributed by atoms with Gasteiger partial charge in [-0.1, -0.05) is 261 Å². The minimum atomic E-state index is -2.81. The monoisotopic (exact) mass is 825 g/mol. The normalized spacial score (nSPS) is 11.5. The van der Waals surface area contributed by atoms with Crippen LogP contribution in [-0.2, 0) is 0 Å². The van der Waals surface area contributed by atoms with Crippen molar-refractivity contribution in [3.63, 3.8) is 0 Å². The van der Waals surface area contributed by atoms with Crippen LogP contribution in [0, 0.1) is 0 Å². The van der Waals surface area contributed by atoms with Gasteiger partial charge in [-0.25, -0.2) is 15.0 Å². The van der Waals surface area contributed by atoms with E-state index in [1.165, 1.54) is 41.5 Å². The van der Waals surface area contributed by atoms with Crippen molar-refractivity contribution in [1.82, 2.24) is 15.0 Å². The van der Waals surface area contributed by atoms with Crippen LogP contribution in [0.3, 0.4) is 0 Å². The second-order valence-electron chi connectivity index (χ2n) is 15.5. The summed E-state index contributed by atoms with van der Waals surface area (Å²) in [4.78, 5) is 15.9. The van der Waals surface area contributed by atoms with Gasteiger partial charge in [0.15, 0.2) is 33.6 Å². The van der Waals surface area contributed by atoms with Gasteiger partial charge in [0.25, 0.3) is 0 Å². The van der Waals surface area contributed by atoms with Crippen molar-refractivity contribution < 1.29 is 0 Å². The van der Waals surface area contributed by atoms with Gasteiger partial charge in [0.05, 0.1) is 0 Å². The van der Waals surface area contributed by atoms with E-state index in [4.69, 9.17) is 15.0 Å². The van der Waals surface area contributed by atoms with Crippen molar-refractivity contribution in [1.29, 1.82) is 0 Å². The summed E-state index contributed by atoms with van der Waals surface area (Å²) in [5.74, 6) is 1.91. The summed E-state index contributed by atoms with van der Waals surface area (Å²) in [6.07, 6.45) is 0. The van der Waals surface area contributed by atoms with E-state index in [1.54, 1.807) is 0 Å². The first kappa shape index (κ1) is 38.6. The van der Waals surface area contributed by atoms with Crippen LogP contribution in [-0.4, -0.2) is 31.1 Å². The molecule has 0 saturated heterocycles. The zero-order valence-electron chi connectivity index (χ0n) is 34.2. The van der Waals surface area contributed by atoms with E-state index in [0.29, 0.717) is 17.5 Å². The molecule has 0 bridgehead atoms. The number of rotatable bonds is 11. The molecule has 0 spiro atoms. The van der Waals surface area contributed by atoms with Gasteiger partial charge in [-0.3, -0.25) is 0 Å². The summed E-state index contributed by atoms with van der Waals surface area (Å²) < 4.78 is 0. The van der Waals surface area contributed by atoms with Crippen LogP contribution in [0.5, 0.6) is 0 Å². The molecule has 0 atom stereocenters. The Morgan fingerprint density at radius 1 is 0.194 bits per heavy atom. The number of hydrogen-bond acceptors (Lipinski definition) is 3. The molecule has 0 aliphatic carbocycles. The average molecular weight is 826 g/mol. The van der Waals surface area contributed by atoms with Crippen molar-refractivity contribution in [2.75, 3.05) is 0 Å². The molecule has 0 radical (unpaired) electrons. The molecule has 3 nitrogen and oxygen atoms in total. The van der Waals surface area contributed by atoms with Crippen molar-refractivity contribution in [2.24, 2.45) is 0 Å². The molecule has 0 unspecified atom stereocenters. The van der Waals surface area contributed by atoms with Gasteiger partial charge < -0.3 is 0 Å². The van der Waals surface area contributed by atoms with E-state index < -0.39 is 16.1 Å². The second kappa shape index (κ2) is 17.2. The molecule has 1 heterocycles. The van der Waals surface area contributed by atoms with Gasteiger partial charge in [-0.05, 0) is 41.5 Å². The first-order valence-electron chi connectivity index (χ1n) is 21.1. The summed E-state index contributed by atoms with van der Waals surface area (Å²) in [5.41, 5.74) is 2.83. The van der Waals surface area contributed by atoms with Gasteiger partial charge in [0.2, 0.25) is 0 Å². The van der Waals surface area contributed by atoms with Crippen molar-refractivity contribution in [3.8, 4) is 34.2 Å². The maximum Gasteiger partial charge on any atom is 0.179 e. The number of hydrogen-bond donors (Lipinski definition) is 0. The fourth-order valence-corrected chi connectivity index (χ4v) is 18.9. The number of aromatic nitrogens is 3. The fraction of sp³-hybridized carbons (Fsp3) is 0. The quantitative estimate of drug-likeness (QED) is 0.0996. The highest BCUT2D eigenvalue weighted by Gasteiger charge is 2.43. The molecule has 1 aromatic heterocycles. The molecular weight excluding hydrogens is 783 g/mol. The van der Waals surface area contributed by atoms with E-state index in [-0.39, 0.29) is 0 Å². The fourth-order valence-electron chi connectivity index (χ4n) is 9.26. The summed E-state index contributed by atoms with van der Waals surface area (Å²) in [7, 11) is -5.62. The molecule has 0 aliphatic heterocycles. The molecule has 62 heavy (non-hydrogen) atoms. The lowest BCUT2D eigenvalue weighted by atomic mass is 10.1. The van der Waals surface area contributed by atoms with Crippen LogP contribution in [0.4, 0.5) is 0 Å². The first-order valence-corrected chi connectivity index (χ1v) is 25.1. The van der Waals surface area contributed by atoms with Crippen molar-refractivity contribution >= 4 is 57.6 Å². The predicted octanol–water partition coefficient (Wildman–Crippen LogP) is 7.63. The van der Waals surface area contributed by atoms with Crippen LogP contribution in [0.15, 0.2) is 261 Å². The van der Waals surface area contributed by atoms with Crippen molar-refractivity contribution in [2.45, 2.75) is 0 Å². The topological polar surface area (TPSA) is 38.7 Å².